The van der Waals surface area contributed by atoms with Gasteiger partial charge in [0.05, 0.1) is 17.9 Å². The van der Waals surface area contributed by atoms with Crippen molar-refractivity contribution in [3.8, 4) is 0 Å². The van der Waals surface area contributed by atoms with Crippen molar-refractivity contribution in [2.75, 3.05) is 6.61 Å². The average Bonchev–Trinajstić information content (AvgIpc) is 2.29. The third kappa shape index (κ3) is 6.31. The zero-order valence-corrected chi connectivity index (χ0v) is 18.2. The predicted molar refractivity (Wildman–Crippen MR) is 102 cm³/mol. The molecule has 0 aromatic rings. The standard InChI is InChI=1S/C21H40O4/c1-14(2)15(16(22)23)21(20(9,10)11,12-18(3,4)5)17(24)25-13-19(6,7)8/h14-15H,12-13H2,1-11H3,(H,22,23). The van der Waals surface area contributed by atoms with E-state index in [1.165, 1.54) is 0 Å². The molecule has 4 nitrogen and oxygen atoms in total. The zero-order valence-electron chi connectivity index (χ0n) is 18.2. The monoisotopic (exact) mass is 356 g/mol. The molecule has 2 unspecified atom stereocenters. The van der Waals surface area contributed by atoms with Crippen molar-refractivity contribution < 1.29 is 19.4 Å². The fraction of sp³-hybridized carbons (Fsp3) is 0.905. The van der Waals surface area contributed by atoms with Crippen molar-refractivity contribution in [3.05, 3.63) is 0 Å². The molecule has 148 valence electrons. The Morgan fingerprint density at radius 2 is 1.32 bits per heavy atom. The lowest BCUT2D eigenvalue weighted by Crippen LogP contribution is -2.56. The SMILES string of the molecule is CC(C)C(C(=O)O)C(CC(C)(C)C)(C(=O)OCC(C)(C)C)C(C)(C)C. The molecule has 0 saturated carbocycles. The molecule has 0 aliphatic heterocycles. The summed E-state index contributed by atoms with van der Waals surface area (Å²) >= 11 is 0. The highest BCUT2D eigenvalue weighted by atomic mass is 16.5. The minimum Gasteiger partial charge on any atom is -0.481 e. The van der Waals surface area contributed by atoms with E-state index in [-0.39, 0.29) is 29.3 Å². The van der Waals surface area contributed by atoms with Crippen LogP contribution in [0.4, 0.5) is 0 Å². The van der Waals surface area contributed by atoms with Gasteiger partial charge in [0.25, 0.3) is 0 Å². The van der Waals surface area contributed by atoms with Crippen molar-refractivity contribution in [1.29, 1.82) is 0 Å². The molecule has 0 bridgehead atoms. The summed E-state index contributed by atoms with van der Waals surface area (Å²) in [6.07, 6.45) is 0.460. The predicted octanol–water partition coefficient (Wildman–Crippen LogP) is 5.40. The van der Waals surface area contributed by atoms with E-state index in [2.05, 4.69) is 0 Å². The van der Waals surface area contributed by atoms with Crippen LogP contribution in [0, 0.1) is 33.5 Å². The topological polar surface area (TPSA) is 63.6 Å². The third-order valence-electron chi connectivity index (χ3n) is 4.61. The van der Waals surface area contributed by atoms with E-state index in [0.29, 0.717) is 6.42 Å². The minimum absolute atomic E-state index is 0.169. The van der Waals surface area contributed by atoms with Crippen LogP contribution in [0.3, 0.4) is 0 Å². The quantitative estimate of drug-likeness (QED) is 0.647. The Morgan fingerprint density at radius 1 is 0.880 bits per heavy atom. The molecule has 0 aromatic carbocycles. The Labute approximate surface area is 154 Å². The molecule has 25 heavy (non-hydrogen) atoms. The summed E-state index contributed by atoms with van der Waals surface area (Å²) in [5.41, 5.74) is -2.03. The van der Waals surface area contributed by atoms with Crippen molar-refractivity contribution in [3.63, 3.8) is 0 Å². The summed E-state index contributed by atoms with van der Waals surface area (Å²) < 4.78 is 5.72. The van der Waals surface area contributed by atoms with Gasteiger partial charge in [-0.3, -0.25) is 9.59 Å². The fourth-order valence-corrected chi connectivity index (χ4v) is 3.66. The second-order valence-electron chi connectivity index (χ2n) is 11.2. The molecule has 0 heterocycles. The number of carbonyl (C=O) groups is 2. The van der Waals surface area contributed by atoms with Crippen LogP contribution < -0.4 is 0 Å². The summed E-state index contributed by atoms with van der Waals surface area (Å²) in [6, 6.07) is 0. The maximum Gasteiger partial charge on any atom is 0.313 e. The van der Waals surface area contributed by atoms with E-state index < -0.39 is 22.7 Å². The summed E-state index contributed by atoms with van der Waals surface area (Å²) in [5, 5.41) is 10.0. The molecular weight excluding hydrogens is 316 g/mol. The fourth-order valence-electron chi connectivity index (χ4n) is 3.66. The van der Waals surface area contributed by atoms with Gasteiger partial charge >= 0.3 is 11.9 Å². The lowest BCUT2D eigenvalue weighted by atomic mass is 9.52. The van der Waals surface area contributed by atoms with Gasteiger partial charge in [-0.1, -0.05) is 76.2 Å². The van der Waals surface area contributed by atoms with E-state index in [4.69, 9.17) is 4.74 Å². The van der Waals surface area contributed by atoms with Crippen LogP contribution in [0.5, 0.6) is 0 Å². The van der Waals surface area contributed by atoms with Crippen LogP contribution in [0.1, 0.15) is 82.6 Å². The Bertz CT molecular complexity index is 472. The first-order chi connectivity index (χ1) is 10.8. The number of esters is 1. The van der Waals surface area contributed by atoms with Gasteiger partial charge in [0, 0.05) is 0 Å². The second kappa shape index (κ2) is 7.67. The highest BCUT2D eigenvalue weighted by Gasteiger charge is 2.59. The first-order valence-electron chi connectivity index (χ1n) is 9.25. The average molecular weight is 357 g/mol. The molecule has 0 fully saturated rings. The van der Waals surface area contributed by atoms with Crippen molar-refractivity contribution in [2.45, 2.75) is 82.6 Å². The molecule has 0 aliphatic rings. The molecule has 1 N–H and O–H groups in total. The molecular formula is C21H40O4. The third-order valence-corrected chi connectivity index (χ3v) is 4.61. The lowest BCUT2D eigenvalue weighted by Gasteiger charge is -2.50. The largest absolute Gasteiger partial charge is 0.481 e. The molecule has 0 saturated heterocycles. The molecule has 0 amide bonds. The highest BCUT2D eigenvalue weighted by molar-refractivity contribution is 5.85. The van der Waals surface area contributed by atoms with E-state index in [0.717, 1.165) is 0 Å². The maximum absolute atomic E-state index is 13.4. The highest BCUT2D eigenvalue weighted by Crippen LogP contribution is 2.55. The number of ether oxygens (including phenoxy) is 1. The van der Waals surface area contributed by atoms with Gasteiger partial charge in [-0.25, -0.2) is 0 Å². The summed E-state index contributed by atoms with van der Waals surface area (Å²) in [7, 11) is 0. The van der Waals surface area contributed by atoms with Gasteiger partial charge in [-0.15, -0.1) is 0 Å². The number of carbonyl (C=O) groups excluding carboxylic acids is 1. The van der Waals surface area contributed by atoms with Gasteiger partial charge < -0.3 is 9.84 Å². The van der Waals surface area contributed by atoms with E-state index in [9.17, 15) is 14.7 Å². The Hall–Kier alpha value is -1.06. The molecule has 0 spiro atoms. The summed E-state index contributed by atoms with van der Waals surface area (Å²) in [5.74, 6) is -2.30. The van der Waals surface area contributed by atoms with Gasteiger partial charge in [-0.2, -0.15) is 0 Å². The van der Waals surface area contributed by atoms with Gasteiger partial charge in [-0.05, 0) is 28.6 Å². The second-order valence-corrected chi connectivity index (χ2v) is 11.2. The van der Waals surface area contributed by atoms with Gasteiger partial charge in [0.2, 0.25) is 0 Å². The van der Waals surface area contributed by atoms with Gasteiger partial charge in [0.1, 0.15) is 0 Å². The number of hydrogen-bond donors (Lipinski definition) is 1. The number of hydrogen-bond acceptors (Lipinski definition) is 3. The van der Waals surface area contributed by atoms with Crippen molar-refractivity contribution >= 4 is 11.9 Å². The smallest absolute Gasteiger partial charge is 0.313 e. The number of carboxylic acids is 1. The van der Waals surface area contributed by atoms with Gasteiger partial charge in [0.15, 0.2) is 0 Å². The Balaban J connectivity index is 6.39. The van der Waals surface area contributed by atoms with E-state index in [1.807, 2.05) is 76.2 Å². The maximum atomic E-state index is 13.4. The number of rotatable bonds is 6. The van der Waals surface area contributed by atoms with Crippen LogP contribution in [-0.2, 0) is 14.3 Å². The Kier molecular flexibility index (Phi) is 7.35. The molecule has 0 aromatic heterocycles. The van der Waals surface area contributed by atoms with Crippen LogP contribution in [0.2, 0.25) is 0 Å². The van der Waals surface area contributed by atoms with Crippen LogP contribution in [-0.4, -0.2) is 23.7 Å². The number of aliphatic carboxylic acids is 1. The molecule has 0 rings (SSSR count). The molecule has 0 aliphatic carbocycles. The van der Waals surface area contributed by atoms with E-state index in [1.54, 1.807) is 0 Å². The molecule has 2 atom stereocenters. The van der Waals surface area contributed by atoms with Crippen LogP contribution in [0.25, 0.3) is 0 Å². The Morgan fingerprint density at radius 3 is 1.56 bits per heavy atom. The van der Waals surface area contributed by atoms with Crippen molar-refractivity contribution in [1.82, 2.24) is 0 Å². The number of carboxylic acid groups (broad SMARTS) is 1. The zero-order chi connectivity index (χ0) is 20.4. The normalized spacial score (nSPS) is 17.1. The van der Waals surface area contributed by atoms with Crippen LogP contribution >= 0.6 is 0 Å². The summed E-state index contributed by atoms with van der Waals surface area (Å²) in [6.45, 7) is 22.0. The first kappa shape index (κ1) is 23.9. The summed E-state index contributed by atoms with van der Waals surface area (Å²) in [4.78, 5) is 25.6. The minimum atomic E-state index is -1.10. The first-order valence-corrected chi connectivity index (χ1v) is 9.25. The van der Waals surface area contributed by atoms with Crippen molar-refractivity contribution in [2.24, 2.45) is 33.5 Å². The lowest BCUT2D eigenvalue weighted by molar-refractivity contribution is -0.187. The molecule has 4 heteroatoms. The van der Waals surface area contributed by atoms with E-state index >= 15 is 0 Å². The van der Waals surface area contributed by atoms with Crippen LogP contribution in [0.15, 0.2) is 0 Å². The molecule has 0 radical (unpaired) electrons.